The number of aromatic carboxylic acids is 1. The molecule has 3 N–H and O–H groups in total. The quantitative estimate of drug-likeness (QED) is 0.791. The Balaban J connectivity index is 2.04. The molecule has 0 spiro atoms. The van der Waals surface area contributed by atoms with Gasteiger partial charge in [0.15, 0.2) is 0 Å². The van der Waals surface area contributed by atoms with Crippen molar-refractivity contribution in [2.45, 2.75) is 6.42 Å². The number of ether oxygens (including phenoxy) is 1. The summed E-state index contributed by atoms with van der Waals surface area (Å²) in [6.45, 7) is 1.77. The van der Waals surface area contributed by atoms with Crippen molar-refractivity contribution in [1.82, 2.24) is 5.32 Å². The lowest BCUT2D eigenvalue weighted by Gasteiger charge is -2.13. The summed E-state index contributed by atoms with van der Waals surface area (Å²) in [5.74, 6) is -0.950. The minimum atomic E-state index is -1.22. The highest BCUT2D eigenvalue weighted by atomic mass is 35.5. The van der Waals surface area contributed by atoms with Crippen molar-refractivity contribution >= 4 is 40.9 Å². The highest BCUT2D eigenvalue weighted by Gasteiger charge is 2.19. The van der Waals surface area contributed by atoms with Gasteiger partial charge in [-0.05, 0) is 18.6 Å². The predicted molar refractivity (Wildman–Crippen MR) is 79.4 cm³/mol. The van der Waals surface area contributed by atoms with Crippen LogP contribution in [0.15, 0.2) is 12.1 Å². The molecule has 2 amide bonds. The number of hydrogen-bond acceptors (Lipinski definition) is 3. The van der Waals surface area contributed by atoms with Crippen molar-refractivity contribution in [3.63, 3.8) is 0 Å². The number of amides is 2. The molecule has 1 aromatic rings. The number of anilines is 1. The average Bonchev–Trinajstić information content (AvgIpc) is 2.92. The maximum atomic E-state index is 11.8. The van der Waals surface area contributed by atoms with Crippen LogP contribution < -0.4 is 10.6 Å². The van der Waals surface area contributed by atoms with Crippen LogP contribution in [-0.2, 0) is 4.74 Å². The minimum Gasteiger partial charge on any atom is -0.478 e. The van der Waals surface area contributed by atoms with Gasteiger partial charge in [-0.2, -0.15) is 0 Å². The zero-order chi connectivity index (χ0) is 15.4. The number of halogens is 2. The third-order valence-corrected chi connectivity index (χ3v) is 3.62. The van der Waals surface area contributed by atoms with E-state index < -0.39 is 12.0 Å². The molecule has 0 radical (unpaired) electrons. The summed E-state index contributed by atoms with van der Waals surface area (Å²) in [5, 5.41) is 14.5. The zero-order valence-corrected chi connectivity index (χ0v) is 12.5. The van der Waals surface area contributed by atoms with Crippen molar-refractivity contribution in [2.24, 2.45) is 5.92 Å². The van der Waals surface area contributed by atoms with E-state index in [1.165, 1.54) is 12.1 Å². The fraction of sp³-hybridized carbons (Fsp3) is 0.385. The fourth-order valence-electron chi connectivity index (χ4n) is 2.01. The topological polar surface area (TPSA) is 87.7 Å². The third kappa shape index (κ3) is 4.23. The van der Waals surface area contributed by atoms with Crippen LogP contribution in [0.2, 0.25) is 10.0 Å². The van der Waals surface area contributed by atoms with Crippen molar-refractivity contribution in [3.05, 3.63) is 27.7 Å². The van der Waals surface area contributed by atoms with E-state index in [9.17, 15) is 9.59 Å². The molecule has 2 rings (SSSR count). The van der Waals surface area contributed by atoms with E-state index in [4.69, 9.17) is 33.0 Å². The minimum absolute atomic E-state index is 0.0220. The molecule has 8 heteroatoms. The highest BCUT2D eigenvalue weighted by molar-refractivity contribution is 6.37. The van der Waals surface area contributed by atoms with E-state index >= 15 is 0 Å². The van der Waals surface area contributed by atoms with Gasteiger partial charge < -0.3 is 20.5 Å². The van der Waals surface area contributed by atoms with Crippen LogP contribution in [0.5, 0.6) is 0 Å². The molecule has 1 atom stereocenters. The molecule has 1 saturated heterocycles. The molecule has 0 aliphatic carbocycles. The first-order chi connectivity index (χ1) is 9.97. The van der Waals surface area contributed by atoms with E-state index in [0.29, 0.717) is 19.8 Å². The van der Waals surface area contributed by atoms with Crippen LogP contribution in [0.1, 0.15) is 16.8 Å². The zero-order valence-electron chi connectivity index (χ0n) is 11.0. The van der Waals surface area contributed by atoms with Crippen molar-refractivity contribution < 1.29 is 19.4 Å². The van der Waals surface area contributed by atoms with Crippen LogP contribution in [0.4, 0.5) is 10.5 Å². The number of urea groups is 1. The summed E-state index contributed by atoms with van der Waals surface area (Å²) >= 11 is 11.7. The van der Waals surface area contributed by atoms with Crippen LogP contribution in [0.3, 0.4) is 0 Å². The molecule has 21 heavy (non-hydrogen) atoms. The Kier molecular flexibility index (Phi) is 5.27. The number of benzene rings is 1. The largest absolute Gasteiger partial charge is 0.478 e. The molecular formula is C13H14Cl2N2O4. The Morgan fingerprint density at radius 2 is 2.14 bits per heavy atom. The number of carboxylic acids is 1. The van der Waals surface area contributed by atoms with Gasteiger partial charge >= 0.3 is 12.0 Å². The molecule has 1 unspecified atom stereocenters. The maximum Gasteiger partial charge on any atom is 0.337 e. The molecule has 1 aromatic carbocycles. The highest BCUT2D eigenvalue weighted by Crippen LogP contribution is 2.30. The summed E-state index contributed by atoms with van der Waals surface area (Å²) in [6.07, 6.45) is 0.891. The number of rotatable bonds is 4. The van der Waals surface area contributed by atoms with Gasteiger partial charge in [0, 0.05) is 24.1 Å². The van der Waals surface area contributed by atoms with E-state index in [1.807, 2.05) is 0 Å². The van der Waals surface area contributed by atoms with Crippen LogP contribution in [0, 0.1) is 5.92 Å². The molecule has 6 nitrogen and oxygen atoms in total. The normalized spacial score (nSPS) is 17.5. The second kappa shape index (κ2) is 6.98. The number of hydrogen-bond donors (Lipinski definition) is 3. The van der Waals surface area contributed by atoms with Crippen LogP contribution in [-0.4, -0.2) is 36.9 Å². The summed E-state index contributed by atoms with van der Waals surface area (Å²) in [4.78, 5) is 23.0. The summed E-state index contributed by atoms with van der Waals surface area (Å²) in [5.41, 5.74) is -0.138. The Morgan fingerprint density at radius 1 is 1.38 bits per heavy atom. The SMILES string of the molecule is O=C(NCC1CCOC1)Nc1c(Cl)cc(Cl)cc1C(=O)O. The lowest BCUT2D eigenvalue weighted by Crippen LogP contribution is -2.33. The fourth-order valence-corrected chi connectivity index (χ4v) is 2.55. The van der Waals surface area contributed by atoms with Gasteiger partial charge in [0.2, 0.25) is 0 Å². The van der Waals surface area contributed by atoms with Crippen molar-refractivity contribution in [1.29, 1.82) is 0 Å². The second-order valence-electron chi connectivity index (χ2n) is 4.68. The van der Waals surface area contributed by atoms with E-state index in [1.54, 1.807) is 0 Å². The van der Waals surface area contributed by atoms with Gasteiger partial charge in [0.05, 0.1) is 22.9 Å². The summed E-state index contributed by atoms with van der Waals surface area (Å²) in [6, 6.07) is 2.08. The molecule has 0 aromatic heterocycles. The summed E-state index contributed by atoms with van der Waals surface area (Å²) < 4.78 is 5.21. The molecule has 114 valence electrons. The van der Waals surface area contributed by atoms with Gasteiger partial charge in [-0.3, -0.25) is 0 Å². The first-order valence-corrected chi connectivity index (χ1v) is 7.08. The van der Waals surface area contributed by atoms with Crippen LogP contribution >= 0.6 is 23.2 Å². The van der Waals surface area contributed by atoms with E-state index in [-0.39, 0.29) is 27.2 Å². The Hall–Kier alpha value is -1.50. The van der Waals surface area contributed by atoms with Gasteiger partial charge in [0.1, 0.15) is 0 Å². The lowest BCUT2D eigenvalue weighted by molar-refractivity contribution is 0.0698. The third-order valence-electron chi connectivity index (χ3n) is 3.10. The maximum absolute atomic E-state index is 11.8. The molecule has 1 heterocycles. The molecule has 1 aliphatic heterocycles. The monoisotopic (exact) mass is 332 g/mol. The van der Waals surface area contributed by atoms with Gasteiger partial charge in [-0.25, -0.2) is 9.59 Å². The summed E-state index contributed by atoms with van der Waals surface area (Å²) in [7, 11) is 0. The van der Waals surface area contributed by atoms with Gasteiger partial charge in [-0.1, -0.05) is 23.2 Å². The average molecular weight is 333 g/mol. The number of nitrogens with one attached hydrogen (secondary N) is 2. The Bertz CT molecular complexity index is 559. The molecule has 0 saturated carbocycles. The standard InChI is InChI=1S/C13H14Cl2N2O4/c14-8-3-9(12(18)19)11(10(15)4-8)17-13(20)16-5-7-1-2-21-6-7/h3-4,7H,1-2,5-6H2,(H,18,19)(H2,16,17,20). The first-order valence-electron chi connectivity index (χ1n) is 6.32. The second-order valence-corrected chi connectivity index (χ2v) is 5.52. The first kappa shape index (κ1) is 15.9. The van der Waals surface area contributed by atoms with E-state index in [2.05, 4.69) is 10.6 Å². The predicted octanol–water partition coefficient (Wildman–Crippen LogP) is 2.85. The smallest absolute Gasteiger partial charge is 0.337 e. The van der Waals surface area contributed by atoms with Gasteiger partial charge in [0.25, 0.3) is 0 Å². The lowest BCUT2D eigenvalue weighted by atomic mass is 10.1. The van der Waals surface area contributed by atoms with Crippen molar-refractivity contribution in [3.8, 4) is 0 Å². The van der Waals surface area contributed by atoms with Crippen molar-refractivity contribution in [2.75, 3.05) is 25.1 Å². The van der Waals surface area contributed by atoms with E-state index in [0.717, 1.165) is 6.42 Å². The number of carbonyl (C=O) groups is 2. The number of carboxylic acid groups (broad SMARTS) is 1. The molecule has 0 bridgehead atoms. The Morgan fingerprint density at radius 3 is 2.76 bits per heavy atom. The molecule has 1 fully saturated rings. The van der Waals surface area contributed by atoms with Crippen LogP contribution in [0.25, 0.3) is 0 Å². The number of carbonyl (C=O) groups excluding carboxylic acids is 1. The molecule has 1 aliphatic rings. The Labute approximate surface area is 131 Å². The molecular weight excluding hydrogens is 319 g/mol. The van der Waals surface area contributed by atoms with Gasteiger partial charge in [-0.15, -0.1) is 0 Å².